The first kappa shape index (κ1) is 45.7. The van der Waals surface area contributed by atoms with E-state index in [1.807, 2.05) is 0 Å². The van der Waals surface area contributed by atoms with Crippen LogP contribution in [0.2, 0.25) is 19.6 Å². The third-order valence-corrected chi connectivity index (χ3v) is 7.20. The quantitative estimate of drug-likeness (QED) is 0.0673. The summed E-state index contributed by atoms with van der Waals surface area (Å²) in [5, 5.41) is 0. The van der Waals surface area contributed by atoms with E-state index >= 15 is 0 Å². The molecule has 0 N–H and O–H groups in total. The van der Waals surface area contributed by atoms with Crippen LogP contribution in [-0.2, 0) is 56.5 Å². The summed E-state index contributed by atoms with van der Waals surface area (Å²) in [5.74, 6) is 0. The van der Waals surface area contributed by atoms with E-state index in [0.717, 1.165) is 13.0 Å². The Balaban J connectivity index is 3.05. The second-order valence-electron chi connectivity index (χ2n) is 11.5. The molecule has 0 atom stereocenters. The number of ether oxygens (including phenoxy) is 11. The van der Waals surface area contributed by atoms with Crippen molar-refractivity contribution in [3.05, 3.63) is 0 Å². The van der Waals surface area contributed by atoms with Gasteiger partial charge >= 0.3 is 0 Å². The minimum absolute atomic E-state index is 0.521. The van der Waals surface area contributed by atoms with E-state index in [-0.39, 0.29) is 0 Å². The molecular formula is C33H70O12Si. The van der Waals surface area contributed by atoms with Crippen LogP contribution in [0.25, 0.3) is 0 Å². The van der Waals surface area contributed by atoms with Crippen molar-refractivity contribution in [2.75, 3.05) is 152 Å². The molecule has 0 unspecified atom stereocenters. The Kier molecular flexibility index (Phi) is 39.0. The third-order valence-electron chi connectivity index (χ3n) is 6.13. The lowest BCUT2D eigenvalue weighted by Crippen LogP contribution is -2.27. The Hall–Kier alpha value is -0.263. The molecule has 0 saturated carbocycles. The molecule has 0 radical (unpaired) electrons. The molecule has 12 nitrogen and oxygen atoms in total. The summed E-state index contributed by atoms with van der Waals surface area (Å²) in [5.41, 5.74) is 0. The van der Waals surface area contributed by atoms with Crippen molar-refractivity contribution in [1.29, 1.82) is 0 Å². The first-order chi connectivity index (χ1) is 22.6. The lowest BCUT2D eigenvalue weighted by Gasteiger charge is -2.16. The lowest BCUT2D eigenvalue weighted by molar-refractivity contribution is -0.0277. The first-order valence-electron chi connectivity index (χ1n) is 17.6. The fourth-order valence-corrected chi connectivity index (χ4v) is 4.39. The Morgan fingerprint density at radius 3 is 0.739 bits per heavy atom. The Labute approximate surface area is 281 Å². The molecule has 0 aromatic rings. The number of hydrogen-bond donors (Lipinski definition) is 0. The monoisotopic (exact) mass is 686 g/mol. The molecule has 0 aromatic carbocycles. The van der Waals surface area contributed by atoms with Gasteiger partial charge < -0.3 is 56.5 Å². The summed E-state index contributed by atoms with van der Waals surface area (Å²) in [4.78, 5) is 0. The van der Waals surface area contributed by atoms with Crippen molar-refractivity contribution in [3.63, 3.8) is 0 Å². The molecular weight excluding hydrogens is 616 g/mol. The number of unbranched alkanes of at least 4 members (excludes halogenated alkanes) is 5. The van der Waals surface area contributed by atoms with Gasteiger partial charge in [0.25, 0.3) is 0 Å². The Bertz CT molecular complexity index is 557. The molecule has 0 bridgehead atoms. The van der Waals surface area contributed by atoms with Crippen LogP contribution in [0.15, 0.2) is 0 Å². The van der Waals surface area contributed by atoms with Gasteiger partial charge in [0, 0.05) is 6.61 Å². The molecule has 13 heteroatoms. The summed E-state index contributed by atoms with van der Waals surface area (Å²) in [6.45, 7) is 21.7. The molecule has 0 saturated heterocycles. The SMILES string of the molecule is CCCCCCCCOCCOCCOCCOCCOCCOCCOCCOCCOCCOCCOCCO[Si](C)(C)C. The van der Waals surface area contributed by atoms with Gasteiger partial charge in [0.2, 0.25) is 0 Å². The van der Waals surface area contributed by atoms with Gasteiger partial charge in [0.05, 0.1) is 145 Å². The maximum atomic E-state index is 5.72. The number of hydrogen-bond acceptors (Lipinski definition) is 12. The van der Waals surface area contributed by atoms with Crippen LogP contribution in [0.4, 0.5) is 0 Å². The van der Waals surface area contributed by atoms with Gasteiger partial charge in [0.15, 0.2) is 8.32 Å². The summed E-state index contributed by atoms with van der Waals surface area (Å²) < 4.78 is 66.2. The fourth-order valence-electron chi connectivity index (χ4n) is 3.69. The highest BCUT2D eigenvalue weighted by Crippen LogP contribution is 2.05. The average Bonchev–Trinajstić information content (AvgIpc) is 3.03. The molecule has 278 valence electrons. The predicted molar refractivity (Wildman–Crippen MR) is 182 cm³/mol. The molecule has 0 aliphatic carbocycles. The minimum atomic E-state index is -1.45. The second kappa shape index (κ2) is 39.2. The normalized spacial score (nSPS) is 12.0. The molecule has 0 aliphatic rings. The number of rotatable bonds is 41. The third kappa shape index (κ3) is 43.7. The molecule has 0 aliphatic heterocycles. The van der Waals surface area contributed by atoms with Crippen molar-refractivity contribution in [2.45, 2.75) is 65.1 Å². The van der Waals surface area contributed by atoms with Crippen LogP contribution in [0.1, 0.15) is 45.4 Å². The van der Waals surface area contributed by atoms with Crippen LogP contribution >= 0.6 is 0 Å². The molecule has 0 spiro atoms. The maximum absolute atomic E-state index is 5.72. The smallest absolute Gasteiger partial charge is 0.183 e. The summed E-state index contributed by atoms with van der Waals surface area (Å²) in [6, 6.07) is 0. The van der Waals surface area contributed by atoms with E-state index < -0.39 is 8.32 Å². The van der Waals surface area contributed by atoms with Gasteiger partial charge in [-0.15, -0.1) is 0 Å². The Morgan fingerprint density at radius 2 is 0.478 bits per heavy atom. The van der Waals surface area contributed by atoms with E-state index in [2.05, 4.69) is 26.6 Å². The van der Waals surface area contributed by atoms with Crippen molar-refractivity contribution in [2.24, 2.45) is 0 Å². The molecule has 0 amide bonds. The van der Waals surface area contributed by atoms with Gasteiger partial charge in [-0.05, 0) is 26.1 Å². The van der Waals surface area contributed by atoms with Crippen LogP contribution in [0.3, 0.4) is 0 Å². The standard InChI is InChI=1S/C33H70O12Si/c1-5-6-7-8-9-10-11-34-12-13-35-14-15-36-16-17-37-18-19-38-20-21-39-22-23-40-24-25-41-26-27-42-28-29-43-30-31-44-32-33-45-46(2,3)4/h5-33H2,1-4H3. The molecule has 0 fully saturated rings. The van der Waals surface area contributed by atoms with Crippen LogP contribution in [0, 0.1) is 0 Å². The Morgan fingerprint density at radius 1 is 0.261 bits per heavy atom. The second-order valence-corrected chi connectivity index (χ2v) is 16.0. The largest absolute Gasteiger partial charge is 0.415 e. The van der Waals surface area contributed by atoms with Gasteiger partial charge in [-0.3, -0.25) is 0 Å². The zero-order valence-corrected chi connectivity index (χ0v) is 30.9. The molecule has 46 heavy (non-hydrogen) atoms. The summed E-state index contributed by atoms with van der Waals surface area (Å²) in [6.07, 6.45) is 7.69. The molecule has 0 heterocycles. The zero-order valence-electron chi connectivity index (χ0n) is 29.9. The van der Waals surface area contributed by atoms with Crippen LogP contribution in [0.5, 0.6) is 0 Å². The van der Waals surface area contributed by atoms with Crippen molar-refractivity contribution < 1.29 is 56.5 Å². The summed E-state index contributed by atoms with van der Waals surface area (Å²) in [7, 11) is -1.45. The van der Waals surface area contributed by atoms with Crippen molar-refractivity contribution >= 4 is 8.32 Å². The van der Waals surface area contributed by atoms with Gasteiger partial charge in [-0.2, -0.15) is 0 Å². The van der Waals surface area contributed by atoms with E-state index in [1.54, 1.807) is 0 Å². The van der Waals surface area contributed by atoms with E-state index in [9.17, 15) is 0 Å². The highest BCUT2D eigenvalue weighted by atomic mass is 28.4. The fraction of sp³-hybridized carbons (Fsp3) is 1.00. The van der Waals surface area contributed by atoms with E-state index in [4.69, 9.17) is 56.5 Å². The highest BCUT2D eigenvalue weighted by molar-refractivity contribution is 6.69. The zero-order chi connectivity index (χ0) is 33.5. The average molecular weight is 687 g/mol. The van der Waals surface area contributed by atoms with Crippen LogP contribution in [-0.4, -0.2) is 160 Å². The van der Waals surface area contributed by atoms with Crippen molar-refractivity contribution in [1.82, 2.24) is 0 Å². The highest BCUT2D eigenvalue weighted by Gasteiger charge is 2.13. The van der Waals surface area contributed by atoms with Crippen LogP contribution < -0.4 is 0 Å². The van der Waals surface area contributed by atoms with Gasteiger partial charge in [-0.25, -0.2) is 0 Å². The topological polar surface area (TPSA) is 111 Å². The minimum Gasteiger partial charge on any atom is -0.415 e. The van der Waals surface area contributed by atoms with Gasteiger partial charge in [0.1, 0.15) is 0 Å². The molecule has 0 aromatic heterocycles. The summed E-state index contributed by atoms with van der Waals surface area (Å²) >= 11 is 0. The van der Waals surface area contributed by atoms with Crippen molar-refractivity contribution in [3.8, 4) is 0 Å². The lowest BCUT2D eigenvalue weighted by atomic mass is 10.1. The maximum Gasteiger partial charge on any atom is 0.183 e. The van der Waals surface area contributed by atoms with Gasteiger partial charge in [-0.1, -0.05) is 39.0 Å². The predicted octanol–water partition coefficient (Wildman–Crippen LogP) is 4.38. The molecule has 0 rings (SSSR count). The van der Waals surface area contributed by atoms with E-state index in [1.165, 1.54) is 32.1 Å². The van der Waals surface area contributed by atoms with E-state index in [0.29, 0.717) is 145 Å². The first-order valence-corrected chi connectivity index (χ1v) is 21.0.